The zero-order valence-corrected chi connectivity index (χ0v) is 10.6. The maximum atomic E-state index is 11.9. The minimum Gasteiger partial charge on any atom is -0.507 e. The van der Waals surface area contributed by atoms with Crippen molar-refractivity contribution >= 4 is 16.9 Å². The largest absolute Gasteiger partial charge is 0.507 e. The minimum atomic E-state index is -0.330. The number of benzene rings is 2. The molecule has 3 N–H and O–H groups in total. The molecule has 1 aromatic heterocycles. The van der Waals surface area contributed by atoms with Gasteiger partial charge in [0.1, 0.15) is 11.6 Å². The molecule has 3 rings (SSSR count). The van der Waals surface area contributed by atoms with Gasteiger partial charge in [0.15, 0.2) is 0 Å². The molecule has 0 unspecified atom stereocenters. The molecule has 0 fully saturated rings. The molecule has 0 radical (unpaired) electrons. The fourth-order valence-electron chi connectivity index (χ4n) is 2.01. The summed E-state index contributed by atoms with van der Waals surface area (Å²) in [5, 5.41) is 12.3. The molecule has 5 heteroatoms. The number of amides is 1. The predicted octanol–water partition coefficient (Wildman–Crippen LogP) is 2.20. The van der Waals surface area contributed by atoms with Crippen molar-refractivity contribution in [2.45, 2.75) is 6.54 Å². The van der Waals surface area contributed by atoms with E-state index in [1.807, 2.05) is 24.3 Å². The lowest BCUT2D eigenvalue weighted by atomic mass is 10.2. The van der Waals surface area contributed by atoms with E-state index in [9.17, 15) is 9.90 Å². The average Bonchev–Trinajstić information content (AvgIpc) is 2.88. The third-order valence-corrected chi connectivity index (χ3v) is 3.00. The number of nitrogens with zero attached hydrogens (tertiary/aromatic N) is 1. The standard InChI is InChI=1S/C15H13N3O2/c19-13-8-4-1-5-10(13)15(20)16-9-14-17-11-6-2-3-7-12(11)18-14/h1-8,19H,9H2,(H,16,20)(H,17,18). The van der Waals surface area contributed by atoms with E-state index in [1.165, 1.54) is 6.07 Å². The number of imidazole rings is 1. The number of hydrogen-bond acceptors (Lipinski definition) is 3. The van der Waals surface area contributed by atoms with Gasteiger partial charge in [-0.1, -0.05) is 24.3 Å². The SMILES string of the molecule is O=C(NCc1nc2ccccc2[nH]1)c1ccccc1O. The van der Waals surface area contributed by atoms with Crippen molar-refractivity contribution in [1.29, 1.82) is 0 Å². The Morgan fingerprint density at radius 3 is 2.70 bits per heavy atom. The third-order valence-electron chi connectivity index (χ3n) is 3.00. The van der Waals surface area contributed by atoms with Gasteiger partial charge in [0, 0.05) is 0 Å². The van der Waals surface area contributed by atoms with E-state index in [1.54, 1.807) is 18.2 Å². The first kappa shape index (κ1) is 12.2. The Hall–Kier alpha value is -2.82. The number of nitrogens with one attached hydrogen (secondary N) is 2. The van der Waals surface area contributed by atoms with Crippen LogP contribution in [0.5, 0.6) is 5.75 Å². The quantitative estimate of drug-likeness (QED) is 0.680. The molecule has 0 aliphatic heterocycles. The number of aromatic hydroxyl groups is 1. The van der Waals surface area contributed by atoms with Crippen LogP contribution in [-0.2, 0) is 6.54 Å². The van der Waals surface area contributed by atoms with Gasteiger partial charge in [-0.05, 0) is 24.3 Å². The number of carbonyl (C=O) groups is 1. The maximum absolute atomic E-state index is 11.9. The number of rotatable bonds is 3. The number of phenols is 1. The first-order chi connectivity index (χ1) is 9.74. The van der Waals surface area contributed by atoms with Crippen molar-refractivity contribution in [3.05, 3.63) is 59.9 Å². The molecule has 2 aromatic carbocycles. The summed E-state index contributed by atoms with van der Waals surface area (Å²) >= 11 is 0. The molecule has 0 aliphatic carbocycles. The van der Waals surface area contributed by atoms with Gasteiger partial charge in [0.25, 0.3) is 5.91 Å². The predicted molar refractivity (Wildman–Crippen MR) is 75.4 cm³/mol. The Balaban J connectivity index is 1.73. The van der Waals surface area contributed by atoms with Gasteiger partial charge in [-0.3, -0.25) is 4.79 Å². The Morgan fingerprint density at radius 1 is 1.15 bits per heavy atom. The zero-order chi connectivity index (χ0) is 13.9. The van der Waals surface area contributed by atoms with Crippen LogP contribution in [0.1, 0.15) is 16.2 Å². The van der Waals surface area contributed by atoms with Crippen LogP contribution in [0.25, 0.3) is 11.0 Å². The molecular weight excluding hydrogens is 254 g/mol. The summed E-state index contributed by atoms with van der Waals surface area (Å²) in [6, 6.07) is 14.1. The molecular formula is C15H13N3O2. The second-order valence-electron chi connectivity index (χ2n) is 4.40. The third kappa shape index (κ3) is 2.33. The monoisotopic (exact) mass is 267 g/mol. The summed E-state index contributed by atoms with van der Waals surface area (Å²) in [5.74, 6) is 0.313. The molecule has 0 aliphatic rings. The van der Waals surface area contributed by atoms with Crippen molar-refractivity contribution in [3.8, 4) is 5.75 Å². The topological polar surface area (TPSA) is 78.0 Å². The van der Waals surface area contributed by atoms with Crippen molar-refractivity contribution < 1.29 is 9.90 Å². The molecule has 100 valence electrons. The van der Waals surface area contributed by atoms with Gasteiger partial charge in [-0.15, -0.1) is 0 Å². The van der Waals surface area contributed by atoms with Crippen molar-refractivity contribution in [1.82, 2.24) is 15.3 Å². The van der Waals surface area contributed by atoms with Gasteiger partial charge in [0.05, 0.1) is 23.1 Å². The normalized spacial score (nSPS) is 10.6. The Bertz CT molecular complexity index is 731. The summed E-state index contributed by atoms with van der Waals surface area (Å²) in [6.45, 7) is 0.280. The summed E-state index contributed by atoms with van der Waals surface area (Å²) in [5.41, 5.74) is 2.04. The average molecular weight is 267 g/mol. The molecule has 0 saturated carbocycles. The van der Waals surface area contributed by atoms with E-state index < -0.39 is 0 Å². The first-order valence-corrected chi connectivity index (χ1v) is 6.24. The van der Waals surface area contributed by atoms with Gasteiger partial charge in [-0.25, -0.2) is 4.98 Å². The number of hydrogen-bond donors (Lipinski definition) is 3. The number of fused-ring (bicyclic) bond motifs is 1. The highest BCUT2D eigenvalue weighted by atomic mass is 16.3. The molecule has 0 spiro atoms. The summed E-state index contributed by atoms with van der Waals surface area (Å²) in [4.78, 5) is 19.4. The number of para-hydroxylation sites is 3. The molecule has 0 saturated heterocycles. The lowest BCUT2D eigenvalue weighted by Gasteiger charge is -2.04. The molecule has 1 amide bonds. The minimum absolute atomic E-state index is 0.0328. The number of phenolic OH excluding ortho intramolecular Hbond substituents is 1. The maximum Gasteiger partial charge on any atom is 0.255 e. The van der Waals surface area contributed by atoms with Crippen LogP contribution in [-0.4, -0.2) is 21.0 Å². The van der Waals surface area contributed by atoms with Crippen LogP contribution in [0.15, 0.2) is 48.5 Å². The number of carbonyl (C=O) groups excluding carboxylic acids is 1. The molecule has 0 bridgehead atoms. The summed E-state index contributed by atoms with van der Waals surface area (Å²) in [6.07, 6.45) is 0. The highest BCUT2D eigenvalue weighted by Gasteiger charge is 2.10. The van der Waals surface area contributed by atoms with E-state index in [-0.39, 0.29) is 23.8 Å². The van der Waals surface area contributed by atoms with Crippen molar-refractivity contribution in [2.24, 2.45) is 0 Å². The van der Waals surface area contributed by atoms with Crippen molar-refractivity contribution in [3.63, 3.8) is 0 Å². The lowest BCUT2D eigenvalue weighted by molar-refractivity contribution is 0.0947. The Labute approximate surface area is 115 Å². The second-order valence-corrected chi connectivity index (χ2v) is 4.40. The second kappa shape index (κ2) is 5.05. The Morgan fingerprint density at radius 2 is 1.90 bits per heavy atom. The highest BCUT2D eigenvalue weighted by molar-refractivity contribution is 5.96. The summed E-state index contributed by atoms with van der Waals surface area (Å²) in [7, 11) is 0. The lowest BCUT2D eigenvalue weighted by Crippen LogP contribution is -2.23. The summed E-state index contributed by atoms with van der Waals surface area (Å²) < 4.78 is 0. The first-order valence-electron chi connectivity index (χ1n) is 6.24. The van der Waals surface area contributed by atoms with Crippen LogP contribution in [0.2, 0.25) is 0 Å². The Kier molecular flexibility index (Phi) is 3.09. The van der Waals surface area contributed by atoms with Gasteiger partial charge in [0.2, 0.25) is 0 Å². The van der Waals surface area contributed by atoms with Gasteiger partial charge in [-0.2, -0.15) is 0 Å². The molecule has 20 heavy (non-hydrogen) atoms. The van der Waals surface area contributed by atoms with E-state index >= 15 is 0 Å². The fourth-order valence-corrected chi connectivity index (χ4v) is 2.01. The van der Waals surface area contributed by atoms with E-state index in [4.69, 9.17) is 0 Å². The molecule has 0 atom stereocenters. The zero-order valence-electron chi connectivity index (χ0n) is 10.6. The van der Waals surface area contributed by atoms with Crippen LogP contribution in [0, 0.1) is 0 Å². The van der Waals surface area contributed by atoms with Crippen LogP contribution >= 0.6 is 0 Å². The molecule has 5 nitrogen and oxygen atoms in total. The van der Waals surface area contributed by atoms with Gasteiger partial charge >= 0.3 is 0 Å². The van der Waals surface area contributed by atoms with E-state index in [0.29, 0.717) is 5.82 Å². The van der Waals surface area contributed by atoms with E-state index in [0.717, 1.165) is 11.0 Å². The van der Waals surface area contributed by atoms with Crippen LogP contribution in [0.3, 0.4) is 0 Å². The van der Waals surface area contributed by atoms with Crippen LogP contribution < -0.4 is 5.32 Å². The molecule has 3 aromatic rings. The number of aromatic amines is 1. The number of aromatic nitrogens is 2. The van der Waals surface area contributed by atoms with Crippen LogP contribution in [0.4, 0.5) is 0 Å². The van der Waals surface area contributed by atoms with Crippen molar-refractivity contribution in [2.75, 3.05) is 0 Å². The van der Waals surface area contributed by atoms with Gasteiger partial charge < -0.3 is 15.4 Å². The highest BCUT2D eigenvalue weighted by Crippen LogP contribution is 2.15. The fraction of sp³-hybridized carbons (Fsp3) is 0.0667. The number of H-pyrrole nitrogens is 1. The molecule has 1 heterocycles. The smallest absolute Gasteiger partial charge is 0.255 e. The van der Waals surface area contributed by atoms with E-state index in [2.05, 4.69) is 15.3 Å².